The number of carboxylic acid groups (broad SMARTS) is 1. The van der Waals surface area contributed by atoms with Gasteiger partial charge in [-0.2, -0.15) is 0 Å². The molecule has 9 heteroatoms. The second-order valence-corrected chi connectivity index (χ2v) is 8.54. The molecule has 0 bridgehead atoms. The van der Waals surface area contributed by atoms with Gasteiger partial charge in [-0.15, -0.1) is 0 Å². The number of nitrogens with two attached hydrogens (primary N) is 1. The monoisotopic (exact) mass is 450 g/mol. The van der Waals surface area contributed by atoms with Gasteiger partial charge in [0.15, 0.2) is 0 Å². The molecule has 2 heterocycles. The van der Waals surface area contributed by atoms with Crippen molar-refractivity contribution in [2.75, 3.05) is 36.8 Å². The number of carboxylic acids is 1. The maximum Gasteiger partial charge on any atom is 0.341 e. The number of amides is 1. The molecule has 2 fully saturated rings. The quantitative estimate of drug-likeness (QED) is 0.592. The zero-order valence-electron chi connectivity index (χ0n) is 17.8. The second kappa shape index (κ2) is 7.91. The molecule has 5 rings (SSSR count). The molecule has 0 unspecified atom stereocenters. The molecule has 2 aliphatic rings. The van der Waals surface area contributed by atoms with Crippen LogP contribution in [-0.2, 0) is 0 Å². The summed E-state index contributed by atoms with van der Waals surface area (Å²) < 4.78 is 16.9. The van der Waals surface area contributed by atoms with E-state index in [0.29, 0.717) is 48.6 Å². The van der Waals surface area contributed by atoms with Crippen LogP contribution in [0.3, 0.4) is 0 Å². The summed E-state index contributed by atoms with van der Waals surface area (Å²) in [6, 6.07) is 9.63. The largest absolute Gasteiger partial charge is 0.477 e. The van der Waals surface area contributed by atoms with E-state index in [1.807, 2.05) is 4.90 Å². The molecule has 33 heavy (non-hydrogen) atoms. The fourth-order valence-electron chi connectivity index (χ4n) is 4.37. The van der Waals surface area contributed by atoms with E-state index in [0.717, 1.165) is 18.9 Å². The van der Waals surface area contributed by atoms with E-state index in [9.17, 15) is 19.5 Å². The van der Waals surface area contributed by atoms with E-state index in [1.54, 1.807) is 39.8 Å². The number of hydrogen-bond donors (Lipinski definition) is 2. The maximum atomic E-state index is 15.1. The van der Waals surface area contributed by atoms with Crippen molar-refractivity contribution in [2.24, 2.45) is 0 Å². The lowest BCUT2D eigenvalue weighted by molar-refractivity contribution is 0.0693. The number of fused-ring (bicyclic) bond motifs is 1. The number of hydrogen-bond acceptors (Lipinski definition) is 5. The first kappa shape index (κ1) is 21.0. The predicted molar refractivity (Wildman–Crippen MR) is 122 cm³/mol. The molecule has 170 valence electrons. The van der Waals surface area contributed by atoms with Gasteiger partial charge in [-0.1, -0.05) is 0 Å². The summed E-state index contributed by atoms with van der Waals surface area (Å²) in [6.07, 6.45) is 3.14. The number of pyridine rings is 1. The van der Waals surface area contributed by atoms with Crippen LogP contribution in [0.4, 0.5) is 15.8 Å². The predicted octanol–water partition coefficient (Wildman–Crippen LogP) is 2.72. The molecule has 8 nitrogen and oxygen atoms in total. The number of carbonyl (C=O) groups is 2. The Morgan fingerprint density at radius 2 is 1.70 bits per heavy atom. The average Bonchev–Trinajstić information content (AvgIpc) is 3.65. The zero-order chi connectivity index (χ0) is 23.3. The molecule has 1 saturated carbocycles. The highest BCUT2D eigenvalue weighted by atomic mass is 19.1. The molecule has 1 amide bonds. The SMILES string of the molecule is Nc1ccc(C(=O)N2CCN(c3cc4c(cc3F)c(=O)c(C(=O)O)cn4C3CC3)CC2)cc1. The molecule has 3 aromatic rings. The summed E-state index contributed by atoms with van der Waals surface area (Å²) in [4.78, 5) is 40.5. The number of halogens is 1. The standard InChI is InChI=1S/C24H23FN4O4/c25-19-11-17-20(29(16-5-6-16)13-18(22(17)30)24(32)33)12-21(19)27-7-9-28(10-8-27)23(31)14-1-3-15(26)4-2-14/h1-4,11-13,16H,5-10,26H2,(H,32,33). The number of nitrogens with zero attached hydrogens (tertiary/aromatic N) is 3. The third kappa shape index (κ3) is 3.79. The summed E-state index contributed by atoms with van der Waals surface area (Å²) in [7, 11) is 0. The fourth-order valence-corrected chi connectivity index (χ4v) is 4.37. The highest BCUT2D eigenvalue weighted by Gasteiger charge is 2.29. The minimum absolute atomic E-state index is 0.0696. The van der Waals surface area contributed by atoms with Crippen molar-refractivity contribution in [1.29, 1.82) is 0 Å². The Balaban J connectivity index is 1.43. The Hall–Kier alpha value is -3.88. The van der Waals surface area contributed by atoms with Crippen LogP contribution in [-0.4, -0.2) is 52.6 Å². The first-order chi connectivity index (χ1) is 15.8. The van der Waals surface area contributed by atoms with Crippen molar-refractivity contribution in [1.82, 2.24) is 9.47 Å². The van der Waals surface area contributed by atoms with Crippen molar-refractivity contribution in [3.05, 3.63) is 69.8 Å². The number of piperazine rings is 1. The summed E-state index contributed by atoms with van der Waals surface area (Å²) in [5.74, 6) is -2.00. The average molecular weight is 450 g/mol. The lowest BCUT2D eigenvalue weighted by Crippen LogP contribution is -2.49. The highest BCUT2D eigenvalue weighted by molar-refractivity contribution is 5.95. The molecule has 3 N–H and O–H groups in total. The van der Waals surface area contributed by atoms with Gasteiger partial charge in [-0.3, -0.25) is 9.59 Å². The topological polar surface area (TPSA) is 109 Å². The number of carbonyl (C=O) groups excluding carboxylic acids is 1. The van der Waals surface area contributed by atoms with Crippen LogP contribution in [0.1, 0.15) is 39.6 Å². The Morgan fingerprint density at radius 3 is 2.30 bits per heavy atom. The molecule has 0 spiro atoms. The summed E-state index contributed by atoms with van der Waals surface area (Å²) in [5.41, 5.74) is 6.67. The van der Waals surface area contributed by atoms with Gasteiger partial charge in [0.05, 0.1) is 11.2 Å². The number of aromatic nitrogens is 1. The van der Waals surface area contributed by atoms with Crippen LogP contribution in [0.15, 0.2) is 47.4 Å². The Kier molecular flexibility index (Phi) is 5.03. The fraction of sp³-hybridized carbons (Fsp3) is 0.292. The molecule has 0 atom stereocenters. The van der Waals surface area contributed by atoms with E-state index >= 15 is 4.39 Å². The number of benzene rings is 2. The minimum Gasteiger partial charge on any atom is -0.477 e. The molecule has 2 aromatic carbocycles. The second-order valence-electron chi connectivity index (χ2n) is 8.54. The van der Waals surface area contributed by atoms with Crippen molar-refractivity contribution < 1.29 is 19.1 Å². The maximum absolute atomic E-state index is 15.1. The van der Waals surface area contributed by atoms with Crippen LogP contribution in [0, 0.1) is 5.82 Å². The highest BCUT2D eigenvalue weighted by Crippen LogP contribution is 2.38. The lowest BCUT2D eigenvalue weighted by atomic mass is 10.1. The van der Waals surface area contributed by atoms with Crippen molar-refractivity contribution in [3.8, 4) is 0 Å². The normalized spacial score (nSPS) is 16.3. The van der Waals surface area contributed by atoms with Gasteiger partial charge < -0.3 is 25.2 Å². The van der Waals surface area contributed by atoms with Gasteiger partial charge in [-0.25, -0.2) is 9.18 Å². The summed E-state index contributed by atoms with van der Waals surface area (Å²) in [5, 5.41) is 9.46. The molecule has 1 aromatic heterocycles. The van der Waals surface area contributed by atoms with Crippen molar-refractivity contribution >= 4 is 34.2 Å². The third-order valence-electron chi connectivity index (χ3n) is 6.34. The van der Waals surface area contributed by atoms with E-state index in [1.165, 1.54) is 6.20 Å². The van der Waals surface area contributed by atoms with Gasteiger partial charge in [-0.05, 0) is 49.2 Å². The molecule has 0 radical (unpaired) electrons. The van der Waals surface area contributed by atoms with Crippen LogP contribution in [0.2, 0.25) is 0 Å². The number of aromatic carboxylic acids is 1. The van der Waals surface area contributed by atoms with Gasteiger partial charge >= 0.3 is 5.97 Å². The third-order valence-corrected chi connectivity index (χ3v) is 6.34. The van der Waals surface area contributed by atoms with Crippen molar-refractivity contribution in [3.63, 3.8) is 0 Å². The number of nitrogen functional groups attached to an aromatic ring is 1. The van der Waals surface area contributed by atoms with Gasteiger partial charge in [0, 0.05) is 55.1 Å². The minimum atomic E-state index is -1.32. The summed E-state index contributed by atoms with van der Waals surface area (Å²) >= 11 is 0. The van der Waals surface area contributed by atoms with E-state index in [2.05, 4.69) is 0 Å². The first-order valence-corrected chi connectivity index (χ1v) is 10.8. The number of rotatable bonds is 4. The Bertz CT molecular complexity index is 1320. The van der Waals surface area contributed by atoms with Crippen LogP contribution >= 0.6 is 0 Å². The van der Waals surface area contributed by atoms with Crippen LogP contribution in [0.5, 0.6) is 0 Å². The van der Waals surface area contributed by atoms with Gasteiger partial charge in [0.25, 0.3) is 5.91 Å². The lowest BCUT2D eigenvalue weighted by Gasteiger charge is -2.36. The zero-order valence-corrected chi connectivity index (χ0v) is 17.8. The smallest absolute Gasteiger partial charge is 0.341 e. The molecular formula is C24H23FN4O4. The van der Waals surface area contributed by atoms with Crippen LogP contribution in [0.25, 0.3) is 10.9 Å². The van der Waals surface area contributed by atoms with Gasteiger partial charge in [0.1, 0.15) is 11.4 Å². The Labute approximate surface area is 188 Å². The first-order valence-electron chi connectivity index (χ1n) is 10.8. The molecular weight excluding hydrogens is 427 g/mol. The van der Waals surface area contributed by atoms with Crippen molar-refractivity contribution in [2.45, 2.75) is 18.9 Å². The van der Waals surface area contributed by atoms with E-state index < -0.39 is 17.2 Å². The van der Waals surface area contributed by atoms with Gasteiger partial charge in [0.2, 0.25) is 5.43 Å². The summed E-state index contributed by atoms with van der Waals surface area (Å²) in [6.45, 7) is 1.72. The van der Waals surface area contributed by atoms with Crippen LogP contribution < -0.4 is 16.1 Å². The molecule has 1 aliphatic carbocycles. The van der Waals surface area contributed by atoms with E-state index in [4.69, 9.17) is 5.73 Å². The molecule has 1 saturated heterocycles. The number of anilines is 2. The van der Waals surface area contributed by atoms with E-state index in [-0.39, 0.29) is 22.9 Å². The molecule has 1 aliphatic heterocycles. The Morgan fingerprint density at radius 1 is 1.03 bits per heavy atom.